The lowest BCUT2D eigenvalue weighted by molar-refractivity contribution is -0.136. The van der Waals surface area contributed by atoms with E-state index in [9.17, 15) is 4.79 Å². The number of piperidine rings is 1. The average Bonchev–Trinajstić information content (AvgIpc) is 3.02. The summed E-state index contributed by atoms with van der Waals surface area (Å²) in [5.74, 6) is 0.358. The Kier molecular flexibility index (Phi) is 5.71. The first-order chi connectivity index (χ1) is 11.3. The number of likely N-dealkylation sites (tertiary alicyclic amines) is 2. The maximum atomic E-state index is 12.8. The van der Waals surface area contributed by atoms with Gasteiger partial charge < -0.3 is 4.90 Å². The molecule has 0 radical (unpaired) electrons. The Morgan fingerprint density at radius 1 is 1.04 bits per heavy atom. The molecule has 2 aliphatic heterocycles. The van der Waals surface area contributed by atoms with Gasteiger partial charge in [0.2, 0.25) is 5.91 Å². The van der Waals surface area contributed by atoms with Gasteiger partial charge in [0, 0.05) is 18.6 Å². The number of hydrogen-bond donors (Lipinski definition) is 0. The van der Waals surface area contributed by atoms with E-state index in [0.717, 1.165) is 25.9 Å². The van der Waals surface area contributed by atoms with E-state index in [-0.39, 0.29) is 0 Å². The van der Waals surface area contributed by atoms with Crippen LogP contribution in [-0.4, -0.2) is 47.4 Å². The maximum absolute atomic E-state index is 12.8. The average molecular weight is 314 g/mol. The molecule has 1 aromatic carbocycles. The smallest absolute Gasteiger partial charge is 0.237 e. The van der Waals surface area contributed by atoms with Crippen LogP contribution in [0.5, 0.6) is 0 Å². The predicted molar refractivity (Wildman–Crippen MR) is 94.4 cm³/mol. The summed E-state index contributed by atoms with van der Waals surface area (Å²) in [6.07, 6.45) is 8.26. The molecule has 2 aliphatic rings. The van der Waals surface area contributed by atoms with Gasteiger partial charge in [0.1, 0.15) is 0 Å². The van der Waals surface area contributed by atoms with Crippen LogP contribution in [0.3, 0.4) is 0 Å². The van der Waals surface area contributed by atoms with E-state index >= 15 is 0 Å². The van der Waals surface area contributed by atoms with Crippen LogP contribution >= 0.6 is 0 Å². The summed E-state index contributed by atoms with van der Waals surface area (Å²) in [6.45, 7) is 4.88. The topological polar surface area (TPSA) is 23.6 Å². The van der Waals surface area contributed by atoms with Crippen molar-refractivity contribution >= 4 is 5.91 Å². The Hall–Kier alpha value is -1.35. The van der Waals surface area contributed by atoms with Crippen LogP contribution in [0.15, 0.2) is 30.3 Å². The first-order valence-corrected chi connectivity index (χ1v) is 9.35. The van der Waals surface area contributed by atoms with Gasteiger partial charge in [-0.05, 0) is 57.1 Å². The molecule has 2 saturated heterocycles. The highest BCUT2D eigenvalue weighted by Gasteiger charge is 2.30. The molecule has 0 saturated carbocycles. The molecule has 0 bridgehead atoms. The number of hydrogen-bond acceptors (Lipinski definition) is 2. The summed E-state index contributed by atoms with van der Waals surface area (Å²) in [6, 6.07) is 11.7. The minimum Gasteiger partial charge on any atom is -0.339 e. The molecular weight excluding hydrogens is 284 g/mol. The first kappa shape index (κ1) is 16.5. The molecular formula is C20H30N2O. The molecule has 3 rings (SSSR count). The minimum atomic E-state index is 0.358. The van der Waals surface area contributed by atoms with Crippen LogP contribution in [0.25, 0.3) is 0 Å². The zero-order valence-electron chi connectivity index (χ0n) is 14.4. The number of rotatable bonds is 5. The first-order valence-electron chi connectivity index (χ1n) is 9.35. The summed E-state index contributed by atoms with van der Waals surface area (Å²) < 4.78 is 0. The third-order valence-electron chi connectivity index (χ3n) is 5.57. The molecule has 0 spiro atoms. The largest absolute Gasteiger partial charge is 0.339 e. The second-order valence-electron chi connectivity index (χ2n) is 7.10. The molecule has 23 heavy (non-hydrogen) atoms. The molecule has 126 valence electrons. The van der Waals surface area contributed by atoms with E-state index in [0.29, 0.717) is 24.5 Å². The summed E-state index contributed by atoms with van der Waals surface area (Å²) in [5, 5.41) is 0. The Bertz CT molecular complexity index is 502. The van der Waals surface area contributed by atoms with Crippen molar-refractivity contribution in [1.29, 1.82) is 0 Å². The molecule has 3 heteroatoms. The monoisotopic (exact) mass is 314 g/mol. The SMILES string of the molecule is CC[C@H]1CCCCN1C(=O)CN1CCC[C@H]1Cc1ccccc1. The highest BCUT2D eigenvalue weighted by Crippen LogP contribution is 2.23. The van der Waals surface area contributed by atoms with Crippen LogP contribution in [0, 0.1) is 0 Å². The van der Waals surface area contributed by atoms with Crippen LogP contribution < -0.4 is 0 Å². The molecule has 0 aliphatic carbocycles. The molecule has 2 heterocycles. The summed E-state index contributed by atoms with van der Waals surface area (Å²) in [7, 11) is 0. The van der Waals surface area contributed by atoms with Crippen molar-refractivity contribution in [2.45, 2.75) is 64.0 Å². The van der Waals surface area contributed by atoms with Gasteiger partial charge in [-0.2, -0.15) is 0 Å². The van der Waals surface area contributed by atoms with Gasteiger partial charge in [0.05, 0.1) is 6.54 Å². The van der Waals surface area contributed by atoms with E-state index in [1.165, 1.54) is 37.7 Å². The van der Waals surface area contributed by atoms with Crippen molar-refractivity contribution in [2.75, 3.05) is 19.6 Å². The van der Waals surface area contributed by atoms with Crippen molar-refractivity contribution in [2.24, 2.45) is 0 Å². The van der Waals surface area contributed by atoms with Crippen LogP contribution in [0.4, 0.5) is 0 Å². The van der Waals surface area contributed by atoms with Crippen molar-refractivity contribution in [1.82, 2.24) is 9.80 Å². The lowest BCUT2D eigenvalue weighted by atomic mass is 10.00. The molecule has 2 atom stereocenters. The van der Waals surface area contributed by atoms with Crippen LogP contribution in [0.2, 0.25) is 0 Å². The third kappa shape index (κ3) is 4.14. The number of nitrogens with zero attached hydrogens (tertiary/aromatic N) is 2. The molecule has 1 amide bonds. The van der Waals surface area contributed by atoms with E-state index in [1.807, 2.05) is 0 Å². The number of carbonyl (C=O) groups is 1. The van der Waals surface area contributed by atoms with E-state index < -0.39 is 0 Å². The predicted octanol–water partition coefficient (Wildman–Crippen LogP) is 3.48. The summed E-state index contributed by atoms with van der Waals surface area (Å²) in [5.41, 5.74) is 1.39. The van der Waals surface area contributed by atoms with Crippen molar-refractivity contribution < 1.29 is 4.79 Å². The number of benzene rings is 1. The van der Waals surface area contributed by atoms with Crippen LogP contribution in [0.1, 0.15) is 51.0 Å². The van der Waals surface area contributed by atoms with Crippen molar-refractivity contribution in [3.8, 4) is 0 Å². The molecule has 0 unspecified atom stereocenters. The Morgan fingerprint density at radius 3 is 2.61 bits per heavy atom. The summed E-state index contributed by atoms with van der Waals surface area (Å²) >= 11 is 0. The third-order valence-corrected chi connectivity index (χ3v) is 5.57. The second-order valence-corrected chi connectivity index (χ2v) is 7.10. The Balaban J connectivity index is 1.58. The minimum absolute atomic E-state index is 0.358. The zero-order valence-corrected chi connectivity index (χ0v) is 14.4. The highest BCUT2D eigenvalue weighted by atomic mass is 16.2. The van der Waals surface area contributed by atoms with Crippen molar-refractivity contribution in [3.05, 3.63) is 35.9 Å². The van der Waals surface area contributed by atoms with Gasteiger partial charge in [-0.15, -0.1) is 0 Å². The zero-order chi connectivity index (χ0) is 16.1. The van der Waals surface area contributed by atoms with Gasteiger partial charge in [-0.3, -0.25) is 9.69 Å². The van der Waals surface area contributed by atoms with Gasteiger partial charge in [0.15, 0.2) is 0 Å². The maximum Gasteiger partial charge on any atom is 0.237 e. The quantitative estimate of drug-likeness (QED) is 0.830. The fraction of sp³-hybridized carbons (Fsp3) is 0.650. The molecule has 0 aromatic heterocycles. The lowest BCUT2D eigenvalue weighted by Crippen LogP contribution is -2.48. The molecule has 0 N–H and O–H groups in total. The fourth-order valence-corrected chi connectivity index (χ4v) is 4.24. The van der Waals surface area contributed by atoms with E-state index in [2.05, 4.69) is 47.1 Å². The molecule has 3 nitrogen and oxygen atoms in total. The lowest BCUT2D eigenvalue weighted by Gasteiger charge is -2.37. The van der Waals surface area contributed by atoms with Gasteiger partial charge in [0.25, 0.3) is 0 Å². The number of amides is 1. The Labute approximate surface area is 140 Å². The molecule has 2 fully saturated rings. The van der Waals surface area contributed by atoms with Gasteiger partial charge >= 0.3 is 0 Å². The van der Waals surface area contributed by atoms with E-state index in [1.54, 1.807) is 0 Å². The number of carbonyl (C=O) groups excluding carboxylic acids is 1. The second kappa shape index (κ2) is 7.96. The van der Waals surface area contributed by atoms with Crippen molar-refractivity contribution in [3.63, 3.8) is 0 Å². The van der Waals surface area contributed by atoms with E-state index in [4.69, 9.17) is 0 Å². The van der Waals surface area contributed by atoms with Gasteiger partial charge in [-0.1, -0.05) is 37.3 Å². The van der Waals surface area contributed by atoms with Gasteiger partial charge in [-0.25, -0.2) is 0 Å². The standard InChI is InChI=1S/C20H30N2O/c1-2-18-11-6-7-14-22(18)20(23)16-21-13-8-12-19(21)15-17-9-4-3-5-10-17/h3-5,9-10,18-19H,2,6-8,11-16H2,1H3/t18-,19-/m0/s1. The normalized spacial score (nSPS) is 25.7. The Morgan fingerprint density at radius 2 is 1.83 bits per heavy atom. The summed E-state index contributed by atoms with van der Waals surface area (Å²) in [4.78, 5) is 17.4. The van der Waals surface area contributed by atoms with Crippen LogP contribution in [-0.2, 0) is 11.2 Å². The highest BCUT2D eigenvalue weighted by molar-refractivity contribution is 5.78. The fourth-order valence-electron chi connectivity index (χ4n) is 4.24. The molecule has 1 aromatic rings.